The Hall–Kier alpha value is -1.84. The van der Waals surface area contributed by atoms with Gasteiger partial charge in [0.25, 0.3) is 0 Å². The Morgan fingerprint density at radius 3 is 2.52 bits per heavy atom. The van der Waals surface area contributed by atoms with Crippen LogP contribution in [-0.2, 0) is 14.3 Å². The number of rotatable bonds is 2. The molecule has 0 amide bonds. The van der Waals surface area contributed by atoms with Gasteiger partial charge in [-0.1, -0.05) is 38.5 Å². The van der Waals surface area contributed by atoms with E-state index in [0.29, 0.717) is 11.5 Å². The molecule has 1 aromatic rings. The largest absolute Gasteiger partial charge is 0.462 e. The lowest BCUT2D eigenvalue weighted by Gasteiger charge is -2.58. The minimum Gasteiger partial charge on any atom is -0.462 e. The molecule has 7 atom stereocenters. The van der Waals surface area contributed by atoms with Crippen LogP contribution in [0.5, 0.6) is 0 Å². The predicted molar refractivity (Wildman–Crippen MR) is 109 cm³/mol. The summed E-state index contributed by atoms with van der Waals surface area (Å²) in [5, 5.41) is 0. The van der Waals surface area contributed by atoms with Gasteiger partial charge in [0.2, 0.25) is 0 Å². The van der Waals surface area contributed by atoms with Crippen LogP contribution in [0.4, 0.5) is 0 Å². The van der Waals surface area contributed by atoms with Crippen LogP contribution in [0.2, 0.25) is 0 Å². The van der Waals surface area contributed by atoms with Gasteiger partial charge in [0.05, 0.1) is 11.5 Å². The van der Waals surface area contributed by atoms with E-state index in [0.717, 1.165) is 32.1 Å². The van der Waals surface area contributed by atoms with Crippen LogP contribution in [0, 0.1) is 28.6 Å². The van der Waals surface area contributed by atoms with Gasteiger partial charge in [0.15, 0.2) is 0 Å². The van der Waals surface area contributed by atoms with Crippen LogP contribution in [-0.4, -0.2) is 24.1 Å². The van der Waals surface area contributed by atoms with Crippen molar-refractivity contribution < 1.29 is 19.1 Å². The van der Waals surface area contributed by atoms with E-state index in [1.165, 1.54) is 19.3 Å². The molecule has 156 valence electrons. The van der Waals surface area contributed by atoms with Crippen molar-refractivity contribution in [1.82, 2.24) is 0 Å². The molecule has 7 unspecified atom stereocenters. The van der Waals surface area contributed by atoms with Crippen molar-refractivity contribution in [2.75, 3.05) is 0 Å². The van der Waals surface area contributed by atoms with E-state index in [2.05, 4.69) is 13.8 Å². The normalized spacial score (nSPS) is 43.5. The van der Waals surface area contributed by atoms with Crippen molar-refractivity contribution in [2.24, 2.45) is 28.6 Å². The number of fused-ring (bicyclic) bond motifs is 5. The highest BCUT2D eigenvalue weighted by Crippen LogP contribution is 2.64. The van der Waals surface area contributed by atoms with Crippen molar-refractivity contribution in [2.45, 2.75) is 77.4 Å². The smallest absolute Gasteiger partial charge is 0.338 e. The maximum Gasteiger partial charge on any atom is 0.338 e. The molecular weight excluding hydrogens is 364 g/mol. The molecule has 5 rings (SSSR count). The fraction of sp³-hybridized carbons (Fsp3) is 0.680. The number of carbonyl (C=O) groups excluding carboxylic acids is 2. The van der Waals surface area contributed by atoms with Crippen molar-refractivity contribution in [3.63, 3.8) is 0 Å². The average Bonchev–Trinajstić information content (AvgIpc) is 3.05. The van der Waals surface area contributed by atoms with Gasteiger partial charge in [-0.25, -0.2) is 4.79 Å². The second-order valence-corrected chi connectivity index (χ2v) is 10.3. The van der Waals surface area contributed by atoms with E-state index in [1.54, 1.807) is 12.1 Å². The van der Waals surface area contributed by atoms with E-state index < -0.39 is 0 Å². The first-order valence-electron chi connectivity index (χ1n) is 11.4. The van der Waals surface area contributed by atoms with Gasteiger partial charge in [-0.15, -0.1) is 0 Å². The summed E-state index contributed by atoms with van der Waals surface area (Å²) in [7, 11) is 0. The molecule has 4 aliphatic rings. The van der Waals surface area contributed by atoms with Gasteiger partial charge in [-0.2, -0.15) is 0 Å². The molecule has 0 bridgehead atoms. The summed E-state index contributed by atoms with van der Waals surface area (Å²) >= 11 is 0. The Labute approximate surface area is 173 Å². The Bertz CT molecular complexity index is 804. The highest BCUT2D eigenvalue weighted by Gasteiger charge is 2.64. The zero-order valence-corrected chi connectivity index (χ0v) is 17.6. The van der Waals surface area contributed by atoms with Gasteiger partial charge in [0.1, 0.15) is 12.2 Å². The summed E-state index contributed by atoms with van der Waals surface area (Å²) in [6.07, 6.45) is 8.44. The third kappa shape index (κ3) is 2.85. The lowest BCUT2D eigenvalue weighted by Crippen LogP contribution is -2.59. The highest BCUT2D eigenvalue weighted by atomic mass is 16.6. The van der Waals surface area contributed by atoms with E-state index >= 15 is 0 Å². The topological polar surface area (TPSA) is 52.6 Å². The molecule has 1 saturated heterocycles. The standard InChI is InChI=1S/C25H32O4/c1-24-14-7-6-10-19(24)29-23(27)21-17-11-12-20(25(17,2)15-13-18(21)24)28-22(26)16-8-4-3-5-9-16/h3-5,8-9,17-21H,6-7,10-15H2,1-2H3. The summed E-state index contributed by atoms with van der Waals surface area (Å²) in [5.41, 5.74) is 0.585. The third-order valence-electron chi connectivity index (χ3n) is 8.99. The minimum atomic E-state index is -0.245. The summed E-state index contributed by atoms with van der Waals surface area (Å²) < 4.78 is 12.1. The van der Waals surface area contributed by atoms with E-state index in [-0.39, 0.29) is 46.8 Å². The van der Waals surface area contributed by atoms with Crippen LogP contribution in [0.1, 0.15) is 75.6 Å². The molecule has 1 heterocycles. The van der Waals surface area contributed by atoms with Gasteiger partial charge in [-0.3, -0.25) is 4.79 Å². The molecule has 3 saturated carbocycles. The van der Waals surface area contributed by atoms with E-state index in [9.17, 15) is 9.59 Å². The maximum absolute atomic E-state index is 13.1. The predicted octanol–water partition coefficient (Wildman–Crippen LogP) is 5.16. The molecule has 0 spiro atoms. The van der Waals surface area contributed by atoms with Gasteiger partial charge in [0, 0.05) is 10.8 Å². The Kier molecular flexibility index (Phi) is 4.52. The number of esters is 2. The Morgan fingerprint density at radius 2 is 1.72 bits per heavy atom. The van der Waals surface area contributed by atoms with Gasteiger partial charge in [-0.05, 0) is 68.9 Å². The quantitative estimate of drug-likeness (QED) is 0.648. The summed E-state index contributed by atoms with van der Waals surface area (Å²) in [5.74, 6) is 0.404. The van der Waals surface area contributed by atoms with Crippen LogP contribution in [0.25, 0.3) is 0 Å². The second kappa shape index (κ2) is 6.85. The number of ether oxygens (including phenoxy) is 2. The fourth-order valence-electron chi connectivity index (χ4n) is 7.29. The van der Waals surface area contributed by atoms with Crippen LogP contribution < -0.4 is 0 Å². The number of carbonyl (C=O) groups is 2. The molecule has 1 aliphatic heterocycles. The molecule has 1 aromatic carbocycles. The molecule has 29 heavy (non-hydrogen) atoms. The zero-order chi connectivity index (χ0) is 20.2. The third-order valence-corrected chi connectivity index (χ3v) is 8.99. The lowest BCUT2D eigenvalue weighted by molar-refractivity contribution is -0.210. The monoisotopic (exact) mass is 396 g/mol. The molecule has 0 aromatic heterocycles. The molecule has 0 radical (unpaired) electrons. The summed E-state index contributed by atoms with van der Waals surface area (Å²) in [4.78, 5) is 25.8. The van der Waals surface area contributed by atoms with Gasteiger partial charge < -0.3 is 9.47 Å². The van der Waals surface area contributed by atoms with Crippen molar-refractivity contribution in [1.29, 1.82) is 0 Å². The molecule has 4 heteroatoms. The first-order valence-corrected chi connectivity index (χ1v) is 11.4. The number of hydrogen-bond donors (Lipinski definition) is 0. The Morgan fingerprint density at radius 1 is 0.966 bits per heavy atom. The molecule has 4 nitrogen and oxygen atoms in total. The highest BCUT2D eigenvalue weighted by molar-refractivity contribution is 5.89. The van der Waals surface area contributed by atoms with Crippen molar-refractivity contribution in [3.05, 3.63) is 35.9 Å². The number of hydrogen-bond acceptors (Lipinski definition) is 4. The SMILES string of the molecule is CC12CCC3C(C(=O)OC4CCCCC43C)C1CCC2OC(=O)c1ccccc1. The molecule has 4 fully saturated rings. The lowest BCUT2D eigenvalue weighted by atomic mass is 9.50. The van der Waals surface area contributed by atoms with Crippen molar-refractivity contribution >= 4 is 11.9 Å². The first-order chi connectivity index (χ1) is 13.9. The summed E-state index contributed by atoms with van der Waals surface area (Å²) in [6, 6.07) is 9.23. The average molecular weight is 397 g/mol. The van der Waals surface area contributed by atoms with Gasteiger partial charge >= 0.3 is 11.9 Å². The van der Waals surface area contributed by atoms with Crippen LogP contribution in [0.3, 0.4) is 0 Å². The maximum atomic E-state index is 13.1. The van der Waals surface area contributed by atoms with Crippen LogP contribution >= 0.6 is 0 Å². The molecular formula is C25H32O4. The first kappa shape index (κ1) is 19.1. The van der Waals surface area contributed by atoms with Crippen LogP contribution in [0.15, 0.2) is 30.3 Å². The number of benzene rings is 1. The van der Waals surface area contributed by atoms with E-state index in [4.69, 9.17) is 9.47 Å². The molecule has 0 N–H and O–H groups in total. The zero-order valence-electron chi connectivity index (χ0n) is 17.6. The molecule has 3 aliphatic carbocycles. The van der Waals surface area contributed by atoms with Crippen molar-refractivity contribution in [3.8, 4) is 0 Å². The fourth-order valence-corrected chi connectivity index (χ4v) is 7.29. The van der Waals surface area contributed by atoms with E-state index in [1.807, 2.05) is 18.2 Å². The second-order valence-electron chi connectivity index (χ2n) is 10.3. The minimum absolute atomic E-state index is 0.0188. The Balaban J connectivity index is 1.39. The summed E-state index contributed by atoms with van der Waals surface area (Å²) in [6.45, 7) is 4.61.